The van der Waals surface area contributed by atoms with E-state index >= 15 is 0 Å². The zero-order chi connectivity index (χ0) is 15.5. The monoisotopic (exact) mass is 304 g/mol. The van der Waals surface area contributed by atoms with Gasteiger partial charge in [0.1, 0.15) is 0 Å². The molecular weight excluding hydrogens is 280 g/mol. The Morgan fingerprint density at radius 1 is 1.23 bits per heavy atom. The van der Waals surface area contributed by atoms with Gasteiger partial charge in [0.05, 0.1) is 6.04 Å². The lowest BCUT2D eigenvalue weighted by molar-refractivity contribution is -0.135. The Bertz CT molecular complexity index is 548. The Hall–Kier alpha value is -1.85. The smallest absolute Gasteiger partial charge is 0.225 e. The average molecular weight is 304 g/mol. The van der Waals surface area contributed by atoms with Gasteiger partial charge in [-0.3, -0.25) is 14.3 Å². The molecule has 1 N–H and O–H groups in total. The Morgan fingerprint density at radius 3 is 2.73 bits per heavy atom. The summed E-state index contributed by atoms with van der Waals surface area (Å²) in [5.74, 6) is 1.02. The van der Waals surface area contributed by atoms with Crippen LogP contribution in [-0.4, -0.2) is 39.6 Å². The number of hydrogen-bond acceptors (Lipinski definition) is 3. The molecule has 1 saturated heterocycles. The van der Waals surface area contributed by atoms with Crippen LogP contribution in [0.4, 0.5) is 5.82 Å². The highest BCUT2D eigenvalue weighted by molar-refractivity contribution is 5.87. The van der Waals surface area contributed by atoms with Crippen molar-refractivity contribution in [1.82, 2.24) is 14.7 Å². The van der Waals surface area contributed by atoms with E-state index < -0.39 is 0 Å². The maximum absolute atomic E-state index is 12.6. The largest absolute Gasteiger partial charge is 0.340 e. The number of carbonyl (C=O) groups is 2. The molecule has 1 aliphatic carbocycles. The molecule has 22 heavy (non-hydrogen) atoms. The summed E-state index contributed by atoms with van der Waals surface area (Å²) < 4.78 is 1.87. The van der Waals surface area contributed by atoms with Gasteiger partial charge in [0.25, 0.3) is 0 Å². The second-order valence-corrected chi connectivity index (χ2v) is 6.42. The van der Waals surface area contributed by atoms with E-state index in [2.05, 4.69) is 10.4 Å². The first kappa shape index (κ1) is 15.1. The van der Waals surface area contributed by atoms with Crippen LogP contribution in [0.2, 0.25) is 0 Å². The van der Waals surface area contributed by atoms with Crippen LogP contribution < -0.4 is 5.32 Å². The molecule has 1 unspecified atom stereocenters. The molecule has 3 rings (SSSR count). The van der Waals surface area contributed by atoms with Crippen LogP contribution >= 0.6 is 0 Å². The molecule has 0 aromatic carbocycles. The molecular formula is C16H24N4O2. The topological polar surface area (TPSA) is 67.2 Å². The number of aromatic nitrogens is 2. The van der Waals surface area contributed by atoms with E-state index in [0.717, 1.165) is 32.4 Å². The van der Waals surface area contributed by atoms with Crippen molar-refractivity contribution in [3.8, 4) is 0 Å². The minimum atomic E-state index is -0.120. The van der Waals surface area contributed by atoms with Gasteiger partial charge in [0.15, 0.2) is 5.82 Å². The molecule has 1 saturated carbocycles. The van der Waals surface area contributed by atoms with Gasteiger partial charge in [-0.05, 0) is 19.3 Å². The molecule has 120 valence electrons. The minimum Gasteiger partial charge on any atom is -0.340 e. The number of hydrogen-bond donors (Lipinski definition) is 1. The fourth-order valence-electron chi connectivity index (χ4n) is 3.55. The Labute approximate surface area is 130 Å². The summed E-state index contributed by atoms with van der Waals surface area (Å²) in [5, 5.41) is 7.07. The lowest BCUT2D eigenvalue weighted by Gasteiger charge is -2.26. The second-order valence-electron chi connectivity index (χ2n) is 6.42. The lowest BCUT2D eigenvalue weighted by atomic mass is 9.88. The molecule has 0 spiro atoms. The summed E-state index contributed by atoms with van der Waals surface area (Å²) in [6.07, 6.45) is 8.55. The molecule has 1 atom stereocenters. The third kappa shape index (κ3) is 3.31. The van der Waals surface area contributed by atoms with Gasteiger partial charge in [-0.2, -0.15) is 5.10 Å². The van der Waals surface area contributed by atoms with Gasteiger partial charge < -0.3 is 10.2 Å². The molecule has 2 amide bonds. The Kier molecular flexibility index (Phi) is 4.45. The number of nitrogens with zero attached hydrogens (tertiary/aromatic N) is 3. The lowest BCUT2D eigenvalue weighted by Crippen LogP contribution is -2.35. The Morgan fingerprint density at radius 2 is 2.00 bits per heavy atom. The minimum absolute atomic E-state index is 0.120. The fraction of sp³-hybridized carbons (Fsp3) is 0.688. The molecule has 1 aromatic heterocycles. The summed E-state index contributed by atoms with van der Waals surface area (Å²) in [5.41, 5.74) is 0. The third-order valence-electron chi connectivity index (χ3n) is 4.72. The number of amides is 2. The molecule has 0 radical (unpaired) electrons. The van der Waals surface area contributed by atoms with E-state index in [1.165, 1.54) is 26.2 Å². The predicted molar refractivity (Wildman–Crippen MR) is 83.3 cm³/mol. The molecule has 2 fully saturated rings. The molecule has 1 aliphatic heterocycles. The first-order valence-corrected chi connectivity index (χ1v) is 8.25. The van der Waals surface area contributed by atoms with Crippen LogP contribution in [0.25, 0.3) is 0 Å². The van der Waals surface area contributed by atoms with E-state index in [1.54, 1.807) is 6.07 Å². The van der Waals surface area contributed by atoms with Gasteiger partial charge in [0, 0.05) is 38.2 Å². The van der Waals surface area contributed by atoms with Crippen LogP contribution in [0.15, 0.2) is 12.3 Å². The average Bonchev–Trinajstić information content (AvgIpc) is 3.15. The van der Waals surface area contributed by atoms with E-state index in [9.17, 15) is 9.59 Å². The zero-order valence-electron chi connectivity index (χ0n) is 13.1. The highest BCUT2D eigenvalue weighted by Gasteiger charge is 2.32. The number of likely N-dealkylation sites (tertiary alicyclic amines) is 1. The number of carbonyl (C=O) groups excluding carboxylic acids is 2. The van der Waals surface area contributed by atoms with Gasteiger partial charge in [-0.25, -0.2) is 0 Å². The third-order valence-corrected chi connectivity index (χ3v) is 4.72. The normalized spacial score (nSPS) is 22.8. The molecule has 2 heterocycles. The van der Waals surface area contributed by atoms with E-state index in [-0.39, 0.29) is 17.9 Å². The predicted octanol–water partition coefficient (Wildman–Crippen LogP) is 2.20. The van der Waals surface area contributed by atoms with Crippen molar-refractivity contribution < 1.29 is 9.59 Å². The van der Waals surface area contributed by atoms with Gasteiger partial charge in [0.2, 0.25) is 11.8 Å². The number of anilines is 1. The van der Waals surface area contributed by atoms with Crippen molar-refractivity contribution in [3.63, 3.8) is 0 Å². The summed E-state index contributed by atoms with van der Waals surface area (Å²) in [6, 6.07) is 2.02. The van der Waals surface area contributed by atoms with Crippen LogP contribution in [0.1, 0.15) is 51.5 Å². The van der Waals surface area contributed by atoms with Crippen LogP contribution in [0.3, 0.4) is 0 Å². The maximum atomic E-state index is 12.6. The second kappa shape index (κ2) is 6.50. The van der Waals surface area contributed by atoms with E-state index in [0.29, 0.717) is 11.7 Å². The van der Waals surface area contributed by atoms with Crippen molar-refractivity contribution >= 4 is 17.6 Å². The molecule has 0 bridgehead atoms. The molecule has 6 heteroatoms. The molecule has 1 aromatic rings. The first-order chi connectivity index (χ1) is 10.6. The summed E-state index contributed by atoms with van der Waals surface area (Å²) >= 11 is 0. The number of rotatable bonds is 3. The van der Waals surface area contributed by atoms with Crippen LogP contribution in [-0.2, 0) is 9.59 Å². The van der Waals surface area contributed by atoms with Gasteiger partial charge >= 0.3 is 0 Å². The molecule has 2 aliphatic rings. The van der Waals surface area contributed by atoms with Crippen molar-refractivity contribution in [2.75, 3.05) is 18.4 Å². The SMILES string of the molecule is CC(=O)Nc1ccn(C2CCN(C(=O)C3CCCCC3)C2)n1. The Balaban J connectivity index is 1.58. The van der Waals surface area contributed by atoms with Gasteiger partial charge in [-0.15, -0.1) is 0 Å². The van der Waals surface area contributed by atoms with Crippen molar-refractivity contribution in [1.29, 1.82) is 0 Å². The highest BCUT2D eigenvalue weighted by Crippen LogP contribution is 2.29. The number of nitrogens with one attached hydrogen (secondary N) is 1. The van der Waals surface area contributed by atoms with Crippen molar-refractivity contribution in [2.45, 2.75) is 51.5 Å². The quantitative estimate of drug-likeness (QED) is 0.931. The van der Waals surface area contributed by atoms with Gasteiger partial charge in [-0.1, -0.05) is 19.3 Å². The van der Waals surface area contributed by atoms with Crippen molar-refractivity contribution in [2.24, 2.45) is 5.92 Å². The van der Waals surface area contributed by atoms with Crippen LogP contribution in [0, 0.1) is 5.92 Å². The van der Waals surface area contributed by atoms with E-state index in [1.807, 2.05) is 15.8 Å². The summed E-state index contributed by atoms with van der Waals surface area (Å²) in [6.45, 7) is 3.02. The summed E-state index contributed by atoms with van der Waals surface area (Å²) in [4.78, 5) is 25.6. The summed E-state index contributed by atoms with van der Waals surface area (Å²) in [7, 11) is 0. The van der Waals surface area contributed by atoms with Crippen LogP contribution in [0.5, 0.6) is 0 Å². The van der Waals surface area contributed by atoms with Crippen molar-refractivity contribution in [3.05, 3.63) is 12.3 Å². The van der Waals surface area contributed by atoms with E-state index in [4.69, 9.17) is 0 Å². The zero-order valence-corrected chi connectivity index (χ0v) is 13.1. The highest BCUT2D eigenvalue weighted by atomic mass is 16.2. The molecule has 6 nitrogen and oxygen atoms in total. The fourth-order valence-corrected chi connectivity index (χ4v) is 3.55. The standard InChI is InChI=1S/C16H24N4O2/c1-12(21)17-15-8-10-20(18-15)14-7-9-19(11-14)16(22)13-5-3-2-4-6-13/h8,10,13-14H,2-7,9,11H2,1H3,(H,17,18,21). The first-order valence-electron chi connectivity index (χ1n) is 8.25. The maximum Gasteiger partial charge on any atom is 0.225 e.